The molecule has 2 fully saturated rings. The predicted molar refractivity (Wildman–Crippen MR) is 91.6 cm³/mol. The Morgan fingerprint density at radius 3 is 2.41 bits per heavy atom. The summed E-state index contributed by atoms with van der Waals surface area (Å²) in [5.74, 6) is 2.79. The highest BCUT2D eigenvalue weighted by Gasteiger charge is 2.29. The van der Waals surface area contributed by atoms with Crippen LogP contribution in [-0.2, 0) is 0 Å². The summed E-state index contributed by atoms with van der Waals surface area (Å²) in [6.45, 7) is 7.25. The van der Waals surface area contributed by atoms with Gasteiger partial charge in [0.15, 0.2) is 0 Å². The zero-order chi connectivity index (χ0) is 15.5. The summed E-state index contributed by atoms with van der Waals surface area (Å²) in [6, 6.07) is 0.740. The van der Waals surface area contributed by atoms with Gasteiger partial charge >= 0.3 is 0 Å². The third kappa shape index (κ3) is 3.35. The topological polar surface area (TPSA) is 35.5 Å². The molecular weight excluding hydrogens is 274 g/mol. The molecule has 0 radical (unpaired) electrons. The van der Waals surface area contributed by atoms with Crippen LogP contribution in [0.4, 0.5) is 11.6 Å². The van der Waals surface area contributed by atoms with Gasteiger partial charge in [0.1, 0.15) is 11.6 Å². The lowest BCUT2D eigenvalue weighted by Crippen LogP contribution is -2.43. The molecule has 2 aliphatic rings. The number of hydrogen-bond donors (Lipinski definition) is 0. The molecule has 1 aromatic rings. The molecule has 0 N–H and O–H groups in total. The van der Waals surface area contributed by atoms with Gasteiger partial charge < -0.3 is 14.7 Å². The van der Waals surface area contributed by atoms with Gasteiger partial charge in [-0.15, -0.1) is 0 Å². The smallest absolute Gasteiger partial charge is 0.149 e. The third-order valence-corrected chi connectivity index (χ3v) is 5.33. The van der Waals surface area contributed by atoms with Crippen molar-refractivity contribution >= 4 is 11.6 Å². The van der Waals surface area contributed by atoms with E-state index < -0.39 is 0 Å². The molecule has 3 heterocycles. The molecule has 0 aliphatic carbocycles. The summed E-state index contributed by atoms with van der Waals surface area (Å²) in [4.78, 5) is 16.2. The Bertz CT molecular complexity index is 476. The summed E-state index contributed by atoms with van der Waals surface area (Å²) in [5.41, 5.74) is 0. The summed E-state index contributed by atoms with van der Waals surface area (Å²) in [6.07, 6.45) is 9.03. The standard InChI is InChI=1S/C17H29N5/c1-14(21-8-4-5-9-21)15-6-10-22(11-7-15)17-13-18-12-16(19-17)20(2)3/h12-15H,4-11H2,1-3H3/t14-/m1/s1. The van der Waals surface area contributed by atoms with Gasteiger partial charge in [-0.1, -0.05) is 0 Å². The van der Waals surface area contributed by atoms with Crippen molar-refractivity contribution in [2.24, 2.45) is 5.92 Å². The fraction of sp³-hybridized carbons (Fsp3) is 0.765. The second-order valence-electron chi connectivity index (χ2n) is 6.94. The minimum atomic E-state index is 0.740. The molecule has 1 atom stereocenters. The highest BCUT2D eigenvalue weighted by molar-refractivity contribution is 5.44. The maximum Gasteiger partial charge on any atom is 0.149 e. The van der Waals surface area contributed by atoms with E-state index >= 15 is 0 Å². The number of likely N-dealkylation sites (tertiary alicyclic amines) is 1. The molecule has 0 aromatic carbocycles. The van der Waals surface area contributed by atoms with E-state index in [9.17, 15) is 0 Å². The van der Waals surface area contributed by atoms with E-state index in [1.807, 2.05) is 31.4 Å². The monoisotopic (exact) mass is 303 g/mol. The Kier molecular flexibility index (Phi) is 4.81. The van der Waals surface area contributed by atoms with E-state index in [2.05, 4.69) is 21.7 Å². The molecule has 2 aliphatic heterocycles. The number of anilines is 2. The largest absolute Gasteiger partial charge is 0.361 e. The van der Waals surface area contributed by atoms with Gasteiger partial charge in [-0.25, -0.2) is 4.98 Å². The fourth-order valence-electron chi connectivity index (χ4n) is 3.77. The van der Waals surface area contributed by atoms with E-state index in [0.717, 1.165) is 36.7 Å². The lowest BCUT2D eigenvalue weighted by molar-refractivity contribution is 0.167. The number of piperidine rings is 1. The Morgan fingerprint density at radius 1 is 1.09 bits per heavy atom. The second kappa shape index (κ2) is 6.82. The average Bonchev–Trinajstić information content (AvgIpc) is 3.09. The zero-order valence-electron chi connectivity index (χ0n) is 14.2. The van der Waals surface area contributed by atoms with Crippen molar-refractivity contribution in [3.8, 4) is 0 Å². The Hall–Kier alpha value is -1.36. The highest BCUT2D eigenvalue weighted by Crippen LogP contribution is 2.28. The maximum absolute atomic E-state index is 4.72. The molecule has 122 valence electrons. The van der Waals surface area contributed by atoms with Crippen LogP contribution in [0.1, 0.15) is 32.6 Å². The normalized spacial score (nSPS) is 22.0. The van der Waals surface area contributed by atoms with Crippen molar-refractivity contribution in [2.45, 2.75) is 38.6 Å². The minimum Gasteiger partial charge on any atom is -0.361 e. The van der Waals surface area contributed by atoms with Crippen molar-refractivity contribution in [1.29, 1.82) is 0 Å². The predicted octanol–water partition coefficient (Wildman–Crippen LogP) is 2.24. The van der Waals surface area contributed by atoms with Crippen LogP contribution in [-0.4, -0.2) is 61.2 Å². The van der Waals surface area contributed by atoms with Crippen LogP contribution in [0.3, 0.4) is 0 Å². The van der Waals surface area contributed by atoms with Crippen molar-refractivity contribution in [3.63, 3.8) is 0 Å². The summed E-state index contributed by atoms with van der Waals surface area (Å²) >= 11 is 0. The van der Waals surface area contributed by atoms with Gasteiger partial charge in [-0.3, -0.25) is 4.98 Å². The van der Waals surface area contributed by atoms with Gasteiger partial charge in [-0.05, 0) is 51.6 Å². The first-order valence-electron chi connectivity index (χ1n) is 8.63. The Labute approximate surface area is 134 Å². The molecule has 3 rings (SSSR count). The van der Waals surface area contributed by atoms with E-state index in [1.54, 1.807) is 0 Å². The van der Waals surface area contributed by atoms with Gasteiger partial charge in [0.05, 0.1) is 12.4 Å². The van der Waals surface area contributed by atoms with Crippen molar-refractivity contribution in [1.82, 2.24) is 14.9 Å². The quantitative estimate of drug-likeness (QED) is 0.852. The molecule has 0 unspecified atom stereocenters. The molecule has 5 heteroatoms. The highest BCUT2D eigenvalue weighted by atomic mass is 15.2. The van der Waals surface area contributed by atoms with Crippen molar-refractivity contribution < 1.29 is 0 Å². The van der Waals surface area contributed by atoms with Crippen LogP contribution < -0.4 is 9.80 Å². The van der Waals surface area contributed by atoms with Gasteiger partial charge in [0.25, 0.3) is 0 Å². The minimum absolute atomic E-state index is 0.740. The van der Waals surface area contributed by atoms with Crippen LogP contribution in [0, 0.1) is 5.92 Å². The molecular formula is C17H29N5. The van der Waals surface area contributed by atoms with Crippen LogP contribution in [0.2, 0.25) is 0 Å². The molecule has 22 heavy (non-hydrogen) atoms. The first-order chi connectivity index (χ1) is 10.6. The number of aromatic nitrogens is 2. The zero-order valence-corrected chi connectivity index (χ0v) is 14.2. The molecule has 2 saturated heterocycles. The van der Waals surface area contributed by atoms with Crippen LogP contribution in [0.25, 0.3) is 0 Å². The second-order valence-corrected chi connectivity index (χ2v) is 6.94. The Morgan fingerprint density at radius 2 is 1.77 bits per heavy atom. The molecule has 1 aromatic heterocycles. The first-order valence-corrected chi connectivity index (χ1v) is 8.63. The molecule has 0 bridgehead atoms. The van der Waals surface area contributed by atoms with Gasteiger partial charge in [-0.2, -0.15) is 0 Å². The summed E-state index contributed by atoms with van der Waals surface area (Å²) in [5, 5.41) is 0. The number of rotatable bonds is 4. The molecule has 0 saturated carbocycles. The Balaban J connectivity index is 1.58. The lowest BCUT2D eigenvalue weighted by Gasteiger charge is -2.38. The maximum atomic E-state index is 4.72. The molecule has 0 spiro atoms. The third-order valence-electron chi connectivity index (χ3n) is 5.33. The molecule has 5 nitrogen and oxygen atoms in total. The number of nitrogens with zero attached hydrogens (tertiary/aromatic N) is 5. The van der Waals surface area contributed by atoms with Crippen molar-refractivity contribution in [2.75, 3.05) is 50.1 Å². The van der Waals surface area contributed by atoms with Crippen LogP contribution in [0.15, 0.2) is 12.4 Å². The number of hydrogen-bond acceptors (Lipinski definition) is 5. The van der Waals surface area contributed by atoms with Gasteiger partial charge in [0.2, 0.25) is 0 Å². The van der Waals surface area contributed by atoms with E-state index in [1.165, 1.54) is 38.8 Å². The average molecular weight is 303 g/mol. The van der Waals surface area contributed by atoms with E-state index in [-0.39, 0.29) is 0 Å². The summed E-state index contributed by atoms with van der Waals surface area (Å²) < 4.78 is 0. The van der Waals surface area contributed by atoms with Gasteiger partial charge in [0, 0.05) is 33.2 Å². The SMILES string of the molecule is C[C@H](C1CCN(c2cncc(N(C)C)n2)CC1)N1CCCC1. The fourth-order valence-corrected chi connectivity index (χ4v) is 3.77. The van der Waals surface area contributed by atoms with Crippen LogP contribution in [0.5, 0.6) is 0 Å². The van der Waals surface area contributed by atoms with Crippen LogP contribution >= 0.6 is 0 Å². The first kappa shape index (κ1) is 15.5. The summed E-state index contributed by atoms with van der Waals surface area (Å²) in [7, 11) is 4.02. The van der Waals surface area contributed by atoms with Crippen molar-refractivity contribution in [3.05, 3.63) is 12.4 Å². The van der Waals surface area contributed by atoms with E-state index in [4.69, 9.17) is 4.98 Å². The van der Waals surface area contributed by atoms with E-state index in [0.29, 0.717) is 0 Å². The lowest BCUT2D eigenvalue weighted by atomic mass is 9.89. The molecule has 0 amide bonds.